The number of aromatic nitrogens is 1. The summed E-state index contributed by atoms with van der Waals surface area (Å²) in [6.45, 7) is 2.20. The lowest BCUT2D eigenvalue weighted by atomic mass is 10.1. The van der Waals surface area contributed by atoms with Gasteiger partial charge in [0.25, 0.3) is 0 Å². The molecule has 2 nitrogen and oxygen atoms in total. The predicted molar refractivity (Wildman–Crippen MR) is 59.6 cm³/mol. The molecule has 1 unspecified atom stereocenters. The number of hydrogen-bond acceptors (Lipinski definition) is 1. The summed E-state index contributed by atoms with van der Waals surface area (Å²) in [7, 11) is 2.00. The normalized spacial score (nSPS) is 13.3. The van der Waals surface area contributed by atoms with E-state index in [0.717, 1.165) is 6.42 Å². The van der Waals surface area contributed by atoms with E-state index in [0.29, 0.717) is 6.04 Å². The number of nitrogens with zero attached hydrogens (tertiary/aromatic N) is 1. The van der Waals surface area contributed by atoms with E-state index in [1.54, 1.807) is 0 Å². The van der Waals surface area contributed by atoms with E-state index >= 15 is 0 Å². The molecule has 1 atom stereocenters. The zero-order valence-electron chi connectivity index (χ0n) is 8.70. The second kappa shape index (κ2) is 3.84. The third kappa shape index (κ3) is 1.66. The van der Waals surface area contributed by atoms with Crippen LogP contribution in [0.25, 0.3) is 5.52 Å². The van der Waals surface area contributed by atoms with Crippen molar-refractivity contribution in [2.75, 3.05) is 7.05 Å². The second-order valence-electron chi connectivity index (χ2n) is 3.71. The molecule has 2 heterocycles. The van der Waals surface area contributed by atoms with Crippen molar-refractivity contribution in [1.29, 1.82) is 0 Å². The molecule has 0 aromatic carbocycles. The molecule has 0 saturated carbocycles. The zero-order chi connectivity index (χ0) is 9.97. The SMILES string of the molecule is CNC(C)Cc1cccc2cccn12. The maximum Gasteiger partial charge on any atom is 0.0452 e. The molecule has 0 spiro atoms. The van der Waals surface area contributed by atoms with E-state index in [-0.39, 0.29) is 0 Å². The Hall–Kier alpha value is -1.28. The van der Waals surface area contributed by atoms with Gasteiger partial charge < -0.3 is 9.72 Å². The van der Waals surface area contributed by atoms with E-state index in [9.17, 15) is 0 Å². The van der Waals surface area contributed by atoms with Crippen LogP contribution in [0.1, 0.15) is 12.6 Å². The van der Waals surface area contributed by atoms with E-state index in [4.69, 9.17) is 0 Å². The minimum absolute atomic E-state index is 0.517. The van der Waals surface area contributed by atoms with Crippen molar-refractivity contribution < 1.29 is 0 Å². The van der Waals surface area contributed by atoms with Gasteiger partial charge in [0, 0.05) is 29.9 Å². The molecule has 0 amide bonds. The largest absolute Gasteiger partial charge is 0.321 e. The third-order valence-electron chi connectivity index (χ3n) is 2.65. The fourth-order valence-electron chi connectivity index (χ4n) is 1.71. The van der Waals surface area contributed by atoms with Crippen molar-refractivity contribution in [3.63, 3.8) is 0 Å². The van der Waals surface area contributed by atoms with Gasteiger partial charge in [-0.15, -0.1) is 0 Å². The first-order valence-electron chi connectivity index (χ1n) is 5.03. The summed E-state index contributed by atoms with van der Waals surface area (Å²) in [6.07, 6.45) is 3.18. The van der Waals surface area contributed by atoms with Gasteiger partial charge in [-0.25, -0.2) is 0 Å². The highest BCUT2D eigenvalue weighted by atomic mass is 14.9. The summed E-state index contributed by atoms with van der Waals surface area (Å²) in [5.41, 5.74) is 2.63. The number of nitrogens with one attached hydrogen (secondary N) is 1. The fourth-order valence-corrected chi connectivity index (χ4v) is 1.71. The Morgan fingerprint density at radius 3 is 2.86 bits per heavy atom. The Morgan fingerprint density at radius 1 is 1.29 bits per heavy atom. The lowest BCUT2D eigenvalue weighted by Crippen LogP contribution is -2.24. The molecule has 14 heavy (non-hydrogen) atoms. The van der Waals surface area contributed by atoms with Crippen molar-refractivity contribution in [1.82, 2.24) is 9.72 Å². The number of fused-ring (bicyclic) bond motifs is 1. The molecule has 2 rings (SSSR count). The Morgan fingerprint density at radius 2 is 2.07 bits per heavy atom. The number of rotatable bonds is 3. The van der Waals surface area contributed by atoms with Gasteiger partial charge in [0.2, 0.25) is 0 Å². The minimum Gasteiger partial charge on any atom is -0.321 e. The number of likely N-dealkylation sites (N-methyl/N-ethyl adjacent to an activating group) is 1. The average Bonchev–Trinajstić information content (AvgIpc) is 2.66. The first kappa shape index (κ1) is 9.28. The van der Waals surface area contributed by atoms with Crippen LogP contribution in [0.3, 0.4) is 0 Å². The van der Waals surface area contributed by atoms with Gasteiger partial charge in [-0.1, -0.05) is 6.07 Å². The highest BCUT2D eigenvalue weighted by Gasteiger charge is 2.03. The van der Waals surface area contributed by atoms with Gasteiger partial charge in [-0.05, 0) is 38.2 Å². The lowest BCUT2D eigenvalue weighted by molar-refractivity contribution is 0.597. The molecule has 1 N–H and O–H groups in total. The first-order chi connectivity index (χ1) is 6.81. The van der Waals surface area contributed by atoms with E-state index in [2.05, 4.69) is 53.2 Å². The quantitative estimate of drug-likeness (QED) is 0.780. The van der Waals surface area contributed by atoms with Crippen LogP contribution in [0.5, 0.6) is 0 Å². The van der Waals surface area contributed by atoms with Crippen LogP contribution in [-0.2, 0) is 6.42 Å². The summed E-state index contributed by atoms with van der Waals surface area (Å²) in [6, 6.07) is 11.2. The molecule has 0 aliphatic rings. The van der Waals surface area contributed by atoms with Crippen LogP contribution in [0, 0.1) is 0 Å². The molecule has 0 aliphatic heterocycles. The van der Waals surface area contributed by atoms with Crippen LogP contribution >= 0.6 is 0 Å². The Kier molecular flexibility index (Phi) is 2.55. The maximum absolute atomic E-state index is 3.26. The van der Waals surface area contributed by atoms with Crippen LogP contribution in [0.4, 0.5) is 0 Å². The molecule has 2 aromatic heterocycles. The molecule has 0 radical (unpaired) electrons. The van der Waals surface area contributed by atoms with E-state index in [1.165, 1.54) is 11.2 Å². The van der Waals surface area contributed by atoms with Crippen LogP contribution in [0.15, 0.2) is 36.5 Å². The standard InChI is InChI=1S/C12H16N2/c1-10(13-2)9-12-6-3-5-11-7-4-8-14(11)12/h3-8,10,13H,9H2,1-2H3. The second-order valence-corrected chi connectivity index (χ2v) is 3.71. The fraction of sp³-hybridized carbons (Fsp3) is 0.333. The van der Waals surface area contributed by atoms with Gasteiger partial charge in [0.15, 0.2) is 0 Å². The van der Waals surface area contributed by atoms with Gasteiger partial charge in [-0.3, -0.25) is 0 Å². The Balaban J connectivity index is 2.36. The Labute approximate surface area is 84.6 Å². The van der Waals surface area contributed by atoms with Crippen LogP contribution in [-0.4, -0.2) is 17.5 Å². The maximum atomic E-state index is 3.26. The van der Waals surface area contributed by atoms with Crippen molar-refractivity contribution in [3.05, 3.63) is 42.2 Å². The summed E-state index contributed by atoms with van der Waals surface area (Å²) >= 11 is 0. The zero-order valence-corrected chi connectivity index (χ0v) is 8.70. The highest BCUT2D eigenvalue weighted by molar-refractivity contribution is 5.48. The molecule has 0 aliphatic carbocycles. The summed E-state index contributed by atoms with van der Waals surface area (Å²) in [5.74, 6) is 0. The lowest BCUT2D eigenvalue weighted by Gasteiger charge is -2.11. The minimum atomic E-state index is 0.517. The van der Waals surface area contributed by atoms with E-state index in [1.807, 2.05) is 7.05 Å². The molecule has 2 heteroatoms. The van der Waals surface area contributed by atoms with Gasteiger partial charge in [0.05, 0.1) is 0 Å². The van der Waals surface area contributed by atoms with Crippen LogP contribution in [0.2, 0.25) is 0 Å². The number of pyridine rings is 1. The first-order valence-corrected chi connectivity index (χ1v) is 5.03. The summed E-state index contributed by atoms with van der Waals surface area (Å²) in [4.78, 5) is 0. The predicted octanol–water partition coefficient (Wildman–Crippen LogP) is 2.09. The van der Waals surface area contributed by atoms with Crippen molar-refractivity contribution in [3.8, 4) is 0 Å². The molecular formula is C12H16N2. The number of hydrogen-bond donors (Lipinski definition) is 1. The summed E-state index contributed by atoms with van der Waals surface area (Å²) in [5, 5.41) is 3.26. The van der Waals surface area contributed by atoms with Crippen molar-refractivity contribution >= 4 is 5.52 Å². The topological polar surface area (TPSA) is 16.4 Å². The molecule has 0 fully saturated rings. The Bertz CT molecular complexity index is 417. The third-order valence-corrected chi connectivity index (χ3v) is 2.65. The molecule has 74 valence electrons. The average molecular weight is 188 g/mol. The monoisotopic (exact) mass is 188 g/mol. The van der Waals surface area contributed by atoms with Crippen molar-refractivity contribution in [2.24, 2.45) is 0 Å². The highest BCUT2D eigenvalue weighted by Crippen LogP contribution is 2.10. The molecule has 0 saturated heterocycles. The molecule has 2 aromatic rings. The van der Waals surface area contributed by atoms with Gasteiger partial charge in [-0.2, -0.15) is 0 Å². The summed E-state index contributed by atoms with van der Waals surface area (Å²) < 4.78 is 2.24. The smallest absolute Gasteiger partial charge is 0.0452 e. The van der Waals surface area contributed by atoms with Crippen LogP contribution < -0.4 is 5.32 Å². The van der Waals surface area contributed by atoms with Gasteiger partial charge >= 0.3 is 0 Å². The van der Waals surface area contributed by atoms with Gasteiger partial charge in [0.1, 0.15) is 0 Å². The molecular weight excluding hydrogens is 172 g/mol. The van der Waals surface area contributed by atoms with E-state index < -0.39 is 0 Å². The van der Waals surface area contributed by atoms with Crippen molar-refractivity contribution in [2.45, 2.75) is 19.4 Å². The molecule has 0 bridgehead atoms.